The molecule has 0 spiro atoms. The molecule has 0 saturated heterocycles. The van der Waals surface area contributed by atoms with Crippen molar-refractivity contribution < 1.29 is 4.79 Å². The number of benzene rings is 1. The second-order valence-corrected chi connectivity index (χ2v) is 6.01. The molecule has 1 amide bonds. The number of H-pyrrole nitrogens is 1. The van der Waals surface area contributed by atoms with Gasteiger partial charge in [0.25, 0.3) is 5.91 Å². The summed E-state index contributed by atoms with van der Waals surface area (Å²) in [4.78, 5) is 15.4. The van der Waals surface area contributed by atoms with Crippen LogP contribution in [0.2, 0.25) is 5.02 Å². The highest BCUT2D eigenvalue weighted by Gasteiger charge is 2.12. The van der Waals surface area contributed by atoms with Crippen molar-refractivity contribution in [2.75, 3.05) is 0 Å². The van der Waals surface area contributed by atoms with Crippen LogP contribution in [0.3, 0.4) is 0 Å². The van der Waals surface area contributed by atoms with Crippen LogP contribution in [0.25, 0.3) is 17.0 Å². The van der Waals surface area contributed by atoms with Crippen LogP contribution >= 0.6 is 11.6 Å². The first-order valence-electron chi connectivity index (χ1n) is 7.71. The molecule has 3 aromatic heterocycles. The number of nitrogens with zero attached hydrogens (tertiary/aromatic N) is 3. The van der Waals surface area contributed by atoms with Gasteiger partial charge >= 0.3 is 0 Å². The Balaban J connectivity index is 1.57. The van der Waals surface area contributed by atoms with E-state index in [9.17, 15) is 4.79 Å². The van der Waals surface area contributed by atoms with Gasteiger partial charge in [-0.05, 0) is 35.9 Å². The maximum absolute atomic E-state index is 12.5. The quantitative estimate of drug-likeness (QED) is 0.592. The Morgan fingerprint density at radius 2 is 1.96 bits per heavy atom. The van der Waals surface area contributed by atoms with Crippen molar-refractivity contribution in [2.24, 2.45) is 0 Å². The lowest BCUT2D eigenvalue weighted by Gasteiger charge is -2.06. The molecule has 0 unspecified atom stereocenters. The van der Waals surface area contributed by atoms with Gasteiger partial charge in [0, 0.05) is 35.7 Å². The van der Waals surface area contributed by atoms with Crippen LogP contribution in [-0.4, -0.2) is 25.5 Å². The summed E-state index contributed by atoms with van der Waals surface area (Å²) in [5.41, 5.74) is 3.12. The second-order valence-electron chi connectivity index (χ2n) is 5.58. The molecule has 0 aliphatic carbocycles. The summed E-state index contributed by atoms with van der Waals surface area (Å²) < 4.78 is 1.81. The molecule has 0 bridgehead atoms. The molecule has 3 heterocycles. The molecule has 4 aromatic rings. The van der Waals surface area contributed by atoms with Gasteiger partial charge in [-0.25, -0.2) is 0 Å². The minimum Gasteiger partial charge on any atom is -0.367 e. The van der Waals surface area contributed by atoms with Crippen LogP contribution in [0, 0.1) is 0 Å². The van der Waals surface area contributed by atoms with Crippen molar-refractivity contribution in [1.82, 2.24) is 24.9 Å². The fourth-order valence-corrected chi connectivity index (χ4v) is 2.70. The third kappa shape index (κ3) is 3.12. The number of rotatable bonds is 4. The number of nitrogens with one attached hydrogen (secondary N) is 2. The average molecular weight is 352 g/mol. The van der Waals surface area contributed by atoms with Crippen molar-refractivity contribution in [3.05, 3.63) is 77.2 Å². The number of fused-ring (bicyclic) bond motifs is 1. The number of aromatic amines is 1. The highest BCUT2D eigenvalue weighted by molar-refractivity contribution is 6.30. The molecular weight excluding hydrogens is 338 g/mol. The van der Waals surface area contributed by atoms with Crippen molar-refractivity contribution in [3.63, 3.8) is 0 Å². The Morgan fingerprint density at radius 1 is 1.12 bits per heavy atom. The highest BCUT2D eigenvalue weighted by Crippen LogP contribution is 2.18. The van der Waals surface area contributed by atoms with E-state index in [1.807, 2.05) is 30.6 Å². The van der Waals surface area contributed by atoms with Gasteiger partial charge < -0.3 is 10.3 Å². The lowest BCUT2D eigenvalue weighted by Crippen LogP contribution is -2.23. The molecule has 124 valence electrons. The number of hydrogen-bond acceptors (Lipinski definition) is 3. The molecule has 7 heteroatoms. The summed E-state index contributed by atoms with van der Waals surface area (Å²) in [5, 5.41) is 11.9. The van der Waals surface area contributed by atoms with E-state index < -0.39 is 0 Å². The molecule has 0 saturated carbocycles. The number of amides is 1. The van der Waals surface area contributed by atoms with E-state index in [1.54, 1.807) is 34.9 Å². The molecule has 0 atom stereocenters. The molecule has 0 aliphatic rings. The van der Waals surface area contributed by atoms with E-state index >= 15 is 0 Å². The fraction of sp³-hybridized carbons (Fsp3) is 0.0556. The van der Waals surface area contributed by atoms with Crippen molar-refractivity contribution in [1.29, 1.82) is 0 Å². The molecule has 1 aromatic carbocycles. The van der Waals surface area contributed by atoms with Crippen molar-refractivity contribution in [2.45, 2.75) is 6.54 Å². The van der Waals surface area contributed by atoms with Gasteiger partial charge in [0.2, 0.25) is 0 Å². The number of pyridine rings is 1. The fourth-order valence-electron chi connectivity index (χ4n) is 2.57. The Morgan fingerprint density at radius 3 is 2.72 bits per heavy atom. The minimum absolute atomic E-state index is 0.162. The molecule has 0 fully saturated rings. The zero-order valence-electron chi connectivity index (χ0n) is 13.1. The van der Waals surface area contributed by atoms with Gasteiger partial charge in [-0.1, -0.05) is 23.7 Å². The van der Waals surface area contributed by atoms with Crippen LogP contribution in [0.5, 0.6) is 0 Å². The van der Waals surface area contributed by atoms with Gasteiger partial charge in [-0.2, -0.15) is 0 Å². The summed E-state index contributed by atoms with van der Waals surface area (Å²) in [6.07, 6.45) is 5.40. The predicted molar refractivity (Wildman–Crippen MR) is 95.4 cm³/mol. The molecular formula is C18H14ClN5O. The van der Waals surface area contributed by atoms with E-state index in [1.165, 1.54) is 0 Å². The summed E-state index contributed by atoms with van der Waals surface area (Å²) >= 11 is 5.87. The molecule has 0 aliphatic heterocycles. The molecule has 2 N–H and O–H groups in total. The van der Waals surface area contributed by atoms with Gasteiger partial charge in [-0.3, -0.25) is 9.20 Å². The topological polar surface area (TPSA) is 75.1 Å². The normalized spacial score (nSPS) is 10.9. The van der Waals surface area contributed by atoms with Crippen LogP contribution < -0.4 is 5.32 Å². The standard InChI is InChI=1S/C18H14ClN5O/c19-15-4-1-12(2-5-15)9-21-18(25)14-3-6-16-22-23-17(24(16)11-14)13-7-8-20-10-13/h1-8,10-11,20H,9H2,(H,21,25). The van der Waals surface area contributed by atoms with E-state index in [0.717, 1.165) is 11.1 Å². The molecule has 25 heavy (non-hydrogen) atoms. The highest BCUT2D eigenvalue weighted by atomic mass is 35.5. The smallest absolute Gasteiger partial charge is 0.253 e. The van der Waals surface area contributed by atoms with Crippen LogP contribution in [0.15, 0.2) is 61.1 Å². The Bertz CT molecular complexity index is 1020. The number of halogens is 1. The summed E-state index contributed by atoms with van der Waals surface area (Å²) in [6.45, 7) is 0.431. The number of hydrogen-bond donors (Lipinski definition) is 2. The first kappa shape index (κ1) is 15.4. The third-order valence-electron chi connectivity index (χ3n) is 3.89. The van der Waals surface area contributed by atoms with Gasteiger partial charge in [-0.15, -0.1) is 10.2 Å². The summed E-state index contributed by atoms with van der Waals surface area (Å²) in [5.74, 6) is 0.522. The number of aromatic nitrogens is 4. The maximum atomic E-state index is 12.5. The average Bonchev–Trinajstić information content (AvgIpc) is 3.29. The molecule has 6 nitrogen and oxygen atoms in total. The van der Waals surface area contributed by atoms with E-state index in [-0.39, 0.29) is 5.91 Å². The van der Waals surface area contributed by atoms with Gasteiger partial charge in [0.15, 0.2) is 11.5 Å². The van der Waals surface area contributed by atoms with E-state index in [2.05, 4.69) is 20.5 Å². The van der Waals surface area contributed by atoms with Crippen molar-refractivity contribution >= 4 is 23.2 Å². The van der Waals surface area contributed by atoms with Crippen molar-refractivity contribution in [3.8, 4) is 11.4 Å². The number of carbonyl (C=O) groups excluding carboxylic acids is 1. The predicted octanol–water partition coefficient (Wildman–Crippen LogP) is 3.31. The monoisotopic (exact) mass is 351 g/mol. The van der Waals surface area contributed by atoms with E-state index in [0.29, 0.717) is 28.6 Å². The largest absolute Gasteiger partial charge is 0.367 e. The van der Waals surface area contributed by atoms with Gasteiger partial charge in [0.05, 0.1) is 5.56 Å². The SMILES string of the molecule is O=C(NCc1ccc(Cl)cc1)c1ccc2nnc(-c3cc[nH]c3)n2c1. The number of carbonyl (C=O) groups is 1. The first-order valence-corrected chi connectivity index (χ1v) is 8.09. The molecule has 0 radical (unpaired) electrons. The van der Waals surface area contributed by atoms with E-state index in [4.69, 9.17) is 11.6 Å². The zero-order chi connectivity index (χ0) is 17.2. The Labute approximate surface area is 148 Å². The van der Waals surface area contributed by atoms with Crippen LogP contribution in [0.1, 0.15) is 15.9 Å². The molecule has 4 rings (SSSR count). The maximum Gasteiger partial charge on any atom is 0.253 e. The zero-order valence-corrected chi connectivity index (χ0v) is 13.9. The third-order valence-corrected chi connectivity index (χ3v) is 4.14. The van der Waals surface area contributed by atoms with Crippen LogP contribution in [0.4, 0.5) is 0 Å². The lowest BCUT2D eigenvalue weighted by atomic mass is 10.2. The summed E-state index contributed by atoms with van der Waals surface area (Å²) in [7, 11) is 0. The second kappa shape index (κ2) is 6.41. The first-order chi connectivity index (χ1) is 12.2. The van der Waals surface area contributed by atoms with Crippen LogP contribution in [-0.2, 0) is 6.54 Å². The van der Waals surface area contributed by atoms with Gasteiger partial charge in [0.1, 0.15) is 0 Å². The Hall–Kier alpha value is -3.12. The minimum atomic E-state index is -0.162. The summed E-state index contributed by atoms with van der Waals surface area (Å²) in [6, 6.07) is 12.8. The Kier molecular flexibility index (Phi) is 3.95. The lowest BCUT2D eigenvalue weighted by molar-refractivity contribution is 0.0950.